The fraction of sp³-hybridized carbons (Fsp3) is 0.265. The van der Waals surface area contributed by atoms with E-state index in [-0.39, 0.29) is 50.3 Å². The quantitative estimate of drug-likeness (QED) is 0.0444. The Morgan fingerprint density at radius 3 is 1.66 bits per heavy atom. The molecule has 9 heteroatoms. The van der Waals surface area contributed by atoms with Crippen molar-refractivity contribution in [2.45, 2.75) is 69.6 Å². The van der Waals surface area contributed by atoms with Crippen LogP contribution in [0.25, 0.3) is 11.1 Å². The highest BCUT2D eigenvalue weighted by Gasteiger charge is 2.38. The van der Waals surface area contributed by atoms with Gasteiger partial charge in [0, 0.05) is 18.8 Å². The Kier molecular flexibility index (Phi) is 13.6. The zero-order chi connectivity index (χ0) is 41.0. The molecule has 0 heterocycles. The second-order valence-electron chi connectivity index (χ2n) is 15.2. The van der Waals surface area contributed by atoms with Crippen LogP contribution in [0.1, 0.15) is 80.2 Å². The molecular weight excluding hydrogens is 729 g/mol. The zero-order valence-corrected chi connectivity index (χ0v) is 33.2. The molecule has 0 aromatic heterocycles. The maximum atomic E-state index is 14.1. The first-order chi connectivity index (χ1) is 28.0. The first kappa shape index (κ1) is 41.2. The van der Waals surface area contributed by atoms with Crippen molar-refractivity contribution in [2.24, 2.45) is 0 Å². The van der Waals surface area contributed by atoms with Crippen molar-refractivity contribution in [3.63, 3.8) is 0 Å². The Bertz CT molecular complexity index is 2050. The molecule has 0 bridgehead atoms. The van der Waals surface area contributed by atoms with Gasteiger partial charge in [0.05, 0.1) is 0 Å². The lowest BCUT2D eigenvalue weighted by molar-refractivity contribution is -0.154. The molecule has 9 nitrogen and oxygen atoms in total. The van der Waals surface area contributed by atoms with E-state index in [0.717, 1.165) is 38.9 Å². The minimum absolute atomic E-state index is 0.0518. The van der Waals surface area contributed by atoms with Gasteiger partial charge in [0.2, 0.25) is 5.91 Å². The van der Waals surface area contributed by atoms with Gasteiger partial charge in [-0.2, -0.15) is 0 Å². The van der Waals surface area contributed by atoms with Gasteiger partial charge in [0.25, 0.3) is 0 Å². The molecule has 0 spiro atoms. The molecule has 0 saturated carbocycles. The Labute approximate surface area is 340 Å². The molecule has 0 aliphatic heterocycles. The molecule has 58 heavy (non-hydrogen) atoms. The SMILES string of the molecule is CC(C)(C)OC(=O)CC/C=C/COC(=O)[C@H](CCC(=O)NC(c1ccccc1)(c1ccccc1)c1ccccc1)NC(=O)OCC1c2ccccc2-c2ccccc21. The number of alkyl carbamates (subject to hydrolysis) is 1. The number of carbonyl (C=O) groups is 4. The van der Waals surface area contributed by atoms with Crippen LogP contribution in [0.4, 0.5) is 4.79 Å². The van der Waals surface area contributed by atoms with E-state index in [1.165, 1.54) is 0 Å². The van der Waals surface area contributed by atoms with Gasteiger partial charge < -0.3 is 24.8 Å². The smallest absolute Gasteiger partial charge is 0.407 e. The van der Waals surface area contributed by atoms with Crippen molar-refractivity contribution in [2.75, 3.05) is 13.2 Å². The summed E-state index contributed by atoms with van der Waals surface area (Å²) in [5, 5.41) is 6.00. The normalized spacial score (nSPS) is 12.9. The molecule has 0 unspecified atom stereocenters. The van der Waals surface area contributed by atoms with E-state index in [0.29, 0.717) is 6.42 Å². The molecule has 6 rings (SSSR count). The van der Waals surface area contributed by atoms with Crippen LogP contribution in [0.5, 0.6) is 0 Å². The van der Waals surface area contributed by atoms with Gasteiger partial charge >= 0.3 is 18.0 Å². The number of allylic oxidation sites excluding steroid dienone is 1. The number of hydrogen-bond donors (Lipinski definition) is 2. The molecule has 298 valence electrons. The van der Waals surface area contributed by atoms with Gasteiger partial charge in [-0.25, -0.2) is 9.59 Å². The largest absolute Gasteiger partial charge is 0.460 e. The van der Waals surface area contributed by atoms with Crippen LogP contribution in [0.15, 0.2) is 152 Å². The van der Waals surface area contributed by atoms with E-state index < -0.39 is 29.2 Å². The van der Waals surface area contributed by atoms with Crippen LogP contribution >= 0.6 is 0 Å². The van der Waals surface area contributed by atoms with Crippen molar-refractivity contribution >= 4 is 23.9 Å². The topological polar surface area (TPSA) is 120 Å². The van der Waals surface area contributed by atoms with Crippen LogP contribution in [0, 0.1) is 0 Å². The number of fused-ring (bicyclic) bond motifs is 3. The lowest BCUT2D eigenvalue weighted by Gasteiger charge is -2.37. The molecule has 2 amide bonds. The molecular formula is C49H50N2O7. The van der Waals surface area contributed by atoms with Gasteiger partial charge in [-0.05, 0) is 72.6 Å². The highest BCUT2D eigenvalue weighted by molar-refractivity contribution is 5.84. The summed E-state index contributed by atoms with van der Waals surface area (Å²) < 4.78 is 16.7. The van der Waals surface area contributed by atoms with Gasteiger partial charge in [-0.1, -0.05) is 152 Å². The van der Waals surface area contributed by atoms with E-state index >= 15 is 0 Å². The number of amides is 2. The number of esters is 2. The number of rotatable bonds is 16. The standard InChI is InChI=1S/C49H50N2O7/c1-48(2,3)58-45(53)30-14-7-19-33-56-46(54)43(50-47(55)57-34-42-40-28-17-15-26-38(40)39-27-16-18-29-41(39)42)31-32-44(52)51-49(35-20-8-4-9-21-35,36-22-10-5-11-23-36)37-24-12-6-13-25-37/h4-13,15-29,42-43H,14,30-34H2,1-3H3,(H,50,55)(H,51,52)/b19-7+/t43-/m0/s1. The molecule has 1 aliphatic rings. The Hall–Kier alpha value is -6.48. The van der Waals surface area contributed by atoms with Crippen molar-refractivity contribution in [1.82, 2.24) is 10.6 Å². The van der Waals surface area contributed by atoms with Crippen LogP contribution in [0.3, 0.4) is 0 Å². The fourth-order valence-corrected chi connectivity index (χ4v) is 7.37. The second kappa shape index (κ2) is 19.1. The number of hydrogen-bond acceptors (Lipinski definition) is 7. The molecule has 5 aromatic rings. The Balaban J connectivity index is 1.17. The average molecular weight is 779 g/mol. The van der Waals surface area contributed by atoms with E-state index in [1.807, 2.05) is 148 Å². The van der Waals surface area contributed by atoms with Crippen LogP contribution in [0.2, 0.25) is 0 Å². The zero-order valence-electron chi connectivity index (χ0n) is 33.2. The van der Waals surface area contributed by atoms with Crippen molar-refractivity contribution in [1.29, 1.82) is 0 Å². The Morgan fingerprint density at radius 2 is 1.14 bits per heavy atom. The van der Waals surface area contributed by atoms with E-state index in [1.54, 1.807) is 12.2 Å². The van der Waals surface area contributed by atoms with Gasteiger partial charge in [0.15, 0.2) is 0 Å². The minimum Gasteiger partial charge on any atom is -0.460 e. The lowest BCUT2D eigenvalue weighted by Crippen LogP contribution is -2.48. The van der Waals surface area contributed by atoms with E-state index in [9.17, 15) is 19.2 Å². The number of nitrogens with one attached hydrogen (secondary N) is 2. The summed E-state index contributed by atoms with van der Waals surface area (Å²) in [7, 11) is 0. The third-order valence-electron chi connectivity index (χ3n) is 9.95. The van der Waals surface area contributed by atoms with Gasteiger partial charge in [0.1, 0.15) is 30.4 Å². The number of ether oxygens (including phenoxy) is 3. The molecule has 1 atom stereocenters. The third-order valence-corrected chi connectivity index (χ3v) is 9.95. The summed E-state index contributed by atoms with van der Waals surface area (Å²) in [6.07, 6.45) is 2.96. The van der Waals surface area contributed by atoms with Crippen molar-refractivity contribution in [3.05, 3.63) is 179 Å². The highest BCUT2D eigenvalue weighted by Crippen LogP contribution is 2.44. The summed E-state index contributed by atoms with van der Waals surface area (Å²) in [6.45, 7) is 5.38. The first-order valence-electron chi connectivity index (χ1n) is 19.7. The maximum absolute atomic E-state index is 14.1. The monoisotopic (exact) mass is 778 g/mol. The third kappa shape index (κ3) is 10.3. The predicted molar refractivity (Wildman–Crippen MR) is 224 cm³/mol. The summed E-state index contributed by atoms with van der Waals surface area (Å²) in [6, 6.07) is 44.0. The number of benzene rings is 5. The maximum Gasteiger partial charge on any atom is 0.407 e. The molecule has 0 saturated heterocycles. The predicted octanol–water partition coefficient (Wildman–Crippen LogP) is 9.00. The van der Waals surface area contributed by atoms with Crippen molar-refractivity contribution in [3.8, 4) is 11.1 Å². The highest BCUT2D eigenvalue weighted by atomic mass is 16.6. The molecule has 5 aromatic carbocycles. The van der Waals surface area contributed by atoms with Gasteiger partial charge in [-0.15, -0.1) is 0 Å². The average Bonchev–Trinajstić information content (AvgIpc) is 3.55. The molecule has 1 aliphatic carbocycles. The summed E-state index contributed by atoms with van der Waals surface area (Å²) in [4.78, 5) is 53.3. The van der Waals surface area contributed by atoms with E-state index in [4.69, 9.17) is 14.2 Å². The van der Waals surface area contributed by atoms with Crippen LogP contribution in [-0.4, -0.2) is 48.8 Å². The first-order valence-corrected chi connectivity index (χ1v) is 19.7. The van der Waals surface area contributed by atoms with Crippen molar-refractivity contribution < 1.29 is 33.4 Å². The summed E-state index contributed by atoms with van der Waals surface area (Å²) in [5.41, 5.74) is 5.23. The molecule has 2 N–H and O–H groups in total. The second-order valence-corrected chi connectivity index (χ2v) is 15.2. The summed E-state index contributed by atoms with van der Waals surface area (Å²) >= 11 is 0. The minimum atomic E-state index is -1.20. The van der Waals surface area contributed by atoms with E-state index in [2.05, 4.69) is 22.8 Å². The van der Waals surface area contributed by atoms with Crippen LogP contribution < -0.4 is 10.6 Å². The fourth-order valence-electron chi connectivity index (χ4n) is 7.37. The molecule has 0 radical (unpaired) electrons. The number of carbonyl (C=O) groups excluding carboxylic acids is 4. The Morgan fingerprint density at radius 1 is 0.638 bits per heavy atom. The lowest BCUT2D eigenvalue weighted by atomic mass is 9.77. The van der Waals surface area contributed by atoms with Gasteiger partial charge in [-0.3, -0.25) is 9.59 Å². The molecule has 0 fully saturated rings. The summed E-state index contributed by atoms with van der Waals surface area (Å²) in [5.74, 6) is -1.57. The van der Waals surface area contributed by atoms with Crippen LogP contribution in [-0.2, 0) is 34.1 Å².